The van der Waals surface area contributed by atoms with Gasteiger partial charge in [0.1, 0.15) is 5.82 Å². The summed E-state index contributed by atoms with van der Waals surface area (Å²) in [6.07, 6.45) is 2.52. The second-order valence-electron chi connectivity index (χ2n) is 4.76. The number of nitrogens with zero attached hydrogens (tertiary/aromatic N) is 1. The highest BCUT2D eigenvalue weighted by atomic mass is 32.1. The highest BCUT2D eigenvalue weighted by Crippen LogP contribution is 2.21. The van der Waals surface area contributed by atoms with Crippen LogP contribution >= 0.6 is 11.3 Å². The first kappa shape index (κ1) is 14.4. The summed E-state index contributed by atoms with van der Waals surface area (Å²) in [6, 6.07) is 15.6. The third-order valence-electron chi connectivity index (χ3n) is 3.08. The average Bonchev–Trinajstić information content (AvgIpc) is 2.95. The van der Waals surface area contributed by atoms with Gasteiger partial charge in [0.15, 0.2) is 5.13 Å². The van der Waals surface area contributed by atoms with E-state index in [1.165, 1.54) is 35.1 Å². The van der Waals surface area contributed by atoms with Gasteiger partial charge < -0.3 is 0 Å². The van der Waals surface area contributed by atoms with Crippen molar-refractivity contribution in [1.29, 1.82) is 0 Å². The lowest BCUT2D eigenvalue weighted by Gasteiger charge is -2.01. The van der Waals surface area contributed by atoms with Gasteiger partial charge in [-0.25, -0.2) is 9.37 Å². The third-order valence-corrected chi connectivity index (χ3v) is 3.99. The summed E-state index contributed by atoms with van der Waals surface area (Å²) in [5.74, 6) is -0.795. The van der Waals surface area contributed by atoms with Crippen LogP contribution in [0.4, 0.5) is 9.52 Å². The van der Waals surface area contributed by atoms with E-state index in [2.05, 4.69) is 10.3 Å². The van der Waals surface area contributed by atoms with Crippen molar-refractivity contribution in [3.8, 4) is 0 Å². The van der Waals surface area contributed by atoms with Crippen LogP contribution < -0.4 is 5.32 Å². The SMILES string of the molecule is O=C(Nc1ncc(Cc2ccccc2)s1)c1cccc(F)c1. The Labute approximate surface area is 131 Å². The predicted octanol–water partition coefficient (Wildman–Crippen LogP) is 4.13. The van der Waals surface area contributed by atoms with Gasteiger partial charge in [-0.05, 0) is 23.8 Å². The first-order chi connectivity index (χ1) is 10.7. The number of rotatable bonds is 4. The fourth-order valence-corrected chi connectivity index (χ4v) is 2.88. The number of thiazole rings is 1. The van der Waals surface area contributed by atoms with E-state index in [4.69, 9.17) is 0 Å². The Morgan fingerprint density at radius 2 is 1.95 bits per heavy atom. The molecule has 0 saturated heterocycles. The van der Waals surface area contributed by atoms with Gasteiger partial charge in [0.2, 0.25) is 0 Å². The van der Waals surface area contributed by atoms with Gasteiger partial charge in [-0.15, -0.1) is 11.3 Å². The molecule has 0 aliphatic heterocycles. The van der Waals surface area contributed by atoms with Crippen molar-refractivity contribution in [3.63, 3.8) is 0 Å². The molecule has 0 aliphatic rings. The van der Waals surface area contributed by atoms with E-state index < -0.39 is 5.82 Å². The number of nitrogens with one attached hydrogen (secondary N) is 1. The number of carbonyl (C=O) groups is 1. The highest BCUT2D eigenvalue weighted by Gasteiger charge is 2.10. The molecule has 0 saturated carbocycles. The zero-order valence-corrected chi connectivity index (χ0v) is 12.4. The van der Waals surface area contributed by atoms with Gasteiger partial charge >= 0.3 is 0 Å². The molecule has 22 heavy (non-hydrogen) atoms. The summed E-state index contributed by atoms with van der Waals surface area (Å²) >= 11 is 1.42. The lowest BCUT2D eigenvalue weighted by Crippen LogP contribution is -2.11. The fraction of sp³-hybridized carbons (Fsp3) is 0.0588. The molecular weight excluding hydrogens is 299 g/mol. The molecule has 3 nitrogen and oxygen atoms in total. The minimum Gasteiger partial charge on any atom is -0.298 e. The topological polar surface area (TPSA) is 42.0 Å². The second-order valence-corrected chi connectivity index (χ2v) is 5.87. The Bertz CT molecular complexity index is 786. The van der Waals surface area contributed by atoms with E-state index >= 15 is 0 Å². The highest BCUT2D eigenvalue weighted by molar-refractivity contribution is 7.15. The van der Waals surface area contributed by atoms with Crippen molar-refractivity contribution in [2.45, 2.75) is 6.42 Å². The van der Waals surface area contributed by atoms with Gasteiger partial charge in [-0.2, -0.15) is 0 Å². The molecule has 5 heteroatoms. The van der Waals surface area contributed by atoms with E-state index in [-0.39, 0.29) is 11.5 Å². The maximum Gasteiger partial charge on any atom is 0.257 e. The van der Waals surface area contributed by atoms with Gasteiger partial charge in [-0.3, -0.25) is 10.1 Å². The van der Waals surface area contributed by atoms with E-state index in [9.17, 15) is 9.18 Å². The molecule has 0 unspecified atom stereocenters. The lowest BCUT2D eigenvalue weighted by molar-refractivity contribution is 0.102. The molecule has 1 heterocycles. The monoisotopic (exact) mass is 312 g/mol. The Hall–Kier alpha value is -2.53. The summed E-state index contributed by atoms with van der Waals surface area (Å²) in [5.41, 5.74) is 1.47. The number of hydrogen-bond donors (Lipinski definition) is 1. The summed E-state index contributed by atoms with van der Waals surface area (Å²) in [6.45, 7) is 0. The third kappa shape index (κ3) is 3.56. The molecule has 1 aromatic heterocycles. The van der Waals surface area contributed by atoms with E-state index in [1.54, 1.807) is 12.3 Å². The zero-order chi connectivity index (χ0) is 15.4. The average molecular weight is 312 g/mol. The Morgan fingerprint density at radius 3 is 2.73 bits per heavy atom. The number of amides is 1. The molecule has 3 aromatic rings. The molecule has 0 atom stereocenters. The van der Waals surface area contributed by atoms with Gasteiger partial charge in [0.25, 0.3) is 5.91 Å². The number of anilines is 1. The molecule has 2 aromatic carbocycles. The largest absolute Gasteiger partial charge is 0.298 e. The van der Waals surface area contributed by atoms with Crippen molar-refractivity contribution >= 4 is 22.4 Å². The molecule has 0 spiro atoms. The summed E-state index contributed by atoms with van der Waals surface area (Å²) < 4.78 is 13.1. The van der Waals surface area contributed by atoms with Crippen molar-refractivity contribution in [2.75, 3.05) is 5.32 Å². The van der Waals surface area contributed by atoms with Crippen LogP contribution in [0.2, 0.25) is 0 Å². The van der Waals surface area contributed by atoms with Gasteiger partial charge in [0, 0.05) is 23.1 Å². The van der Waals surface area contributed by atoms with Crippen LogP contribution in [0.25, 0.3) is 0 Å². The molecule has 1 N–H and O–H groups in total. The first-order valence-electron chi connectivity index (χ1n) is 6.76. The maximum absolute atomic E-state index is 13.1. The van der Waals surface area contributed by atoms with Gasteiger partial charge in [-0.1, -0.05) is 36.4 Å². The molecular formula is C17H13FN2OS. The second kappa shape index (κ2) is 6.49. The first-order valence-corrected chi connectivity index (χ1v) is 7.58. The minimum absolute atomic E-state index is 0.278. The van der Waals surface area contributed by atoms with Gasteiger partial charge in [0.05, 0.1) is 0 Å². The van der Waals surface area contributed by atoms with Crippen molar-refractivity contribution in [2.24, 2.45) is 0 Å². The number of carbonyl (C=O) groups excluding carboxylic acids is 1. The molecule has 3 rings (SSSR count). The lowest BCUT2D eigenvalue weighted by atomic mass is 10.1. The van der Waals surface area contributed by atoms with Crippen LogP contribution in [-0.2, 0) is 6.42 Å². The Kier molecular flexibility index (Phi) is 4.25. The van der Waals surface area contributed by atoms with E-state index in [0.717, 1.165) is 11.3 Å². The Morgan fingerprint density at radius 1 is 1.14 bits per heavy atom. The summed E-state index contributed by atoms with van der Waals surface area (Å²) in [7, 11) is 0. The van der Waals surface area contributed by atoms with Crippen molar-refractivity contribution in [3.05, 3.63) is 82.6 Å². The normalized spacial score (nSPS) is 10.4. The molecule has 0 bridgehead atoms. The summed E-state index contributed by atoms with van der Waals surface area (Å²) in [5, 5.41) is 3.21. The van der Waals surface area contributed by atoms with Crippen molar-refractivity contribution < 1.29 is 9.18 Å². The quantitative estimate of drug-likeness (QED) is 0.787. The molecule has 0 aliphatic carbocycles. The van der Waals surface area contributed by atoms with E-state index in [1.807, 2.05) is 30.3 Å². The predicted molar refractivity (Wildman–Crippen MR) is 85.7 cm³/mol. The zero-order valence-electron chi connectivity index (χ0n) is 11.6. The van der Waals surface area contributed by atoms with Crippen LogP contribution in [0.5, 0.6) is 0 Å². The Balaban J connectivity index is 1.68. The molecule has 0 fully saturated rings. The van der Waals surface area contributed by atoms with Crippen LogP contribution in [0.1, 0.15) is 20.8 Å². The van der Waals surface area contributed by atoms with Crippen LogP contribution in [0.15, 0.2) is 60.8 Å². The van der Waals surface area contributed by atoms with Crippen LogP contribution in [0, 0.1) is 5.82 Å². The maximum atomic E-state index is 13.1. The smallest absolute Gasteiger partial charge is 0.257 e. The number of aromatic nitrogens is 1. The van der Waals surface area contributed by atoms with Crippen LogP contribution in [0.3, 0.4) is 0 Å². The fourth-order valence-electron chi connectivity index (χ4n) is 2.04. The van der Waals surface area contributed by atoms with E-state index in [0.29, 0.717) is 5.13 Å². The number of benzene rings is 2. The molecule has 110 valence electrons. The minimum atomic E-state index is -0.434. The number of hydrogen-bond acceptors (Lipinski definition) is 3. The van der Waals surface area contributed by atoms with Crippen molar-refractivity contribution in [1.82, 2.24) is 4.98 Å². The standard InChI is InChI=1S/C17H13FN2OS/c18-14-8-4-7-13(10-14)16(21)20-17-19-11-15(22-17)9-12-5-2-1-3-6-12/h1-8,10-11H,9H2,(H,19,20,21). The number of halogens is 1. The molecule has 1 amide bonds. The molecule has 0 radical (unpaired) electrons. The summed E-state index contributed by atoms with van der Waals surface area (Å²) in [4.78, 5) is 17.3. The van der Waals surface area contributed by atoms with Crippen LogP contribution in [-0.4, -0.2) is 10.9 Å².